The summed E-state index contributed by atoms with van der Waals surface area (Å²) in [6.07, 6.45) is 4.82. The second-order valence-corrected chi connectivity index (χ2v) is 7.57. The molecule has 0 aliphatic heterocycles. The van der Waals surface area contributed by atoms with Gasteiger partial charge in [-0.25, -0.2) is 4.39 Å². The molecule has 20 heavy (non-hydrogen) atoms. The molecule has 1 nitrogen and oxygen atoms in total. The lowest BCUT2D eigenvalue weighted by Gasteiger charge is -2.38. The van der Waals surface area contributed by atoms with E-state index in [2.05, 4.69) is 20.8 Å². The molecule has 1 aromatic carbocycles. The van der Waals surface area contributed by atoms with E-state index >= 15 is 0 Å². The Morgan fingerprint density at radius 2 is 1.70 bits per heavy atom. The predicted molar refractivity (Wildman–Crippen MR) is 83.0 cm³/mol. The maximum atomic E-state index is 13.5. The number of hydrogen-bond acceptors (Lipinski definition) is 1. The number of aryl methyl sites for hydroxylation is 1. The Morgan fingerprint density at radius 1 is 1.10 bits per heavy atom. The third-order valence-corrected chi connectivity index (χ3v) is 4.95. The molecule has 1 saturated carbocycles. The lowest BCUT2D eigenvalue weighted by Crippen LogP contribution is -2.30. The number of benzene rings is 1. The van der Waals surface area contributed by atoms with Gasteiger partial charge in [0.2, 0.25) is 0 Å². The minimum atomic E-state index is -0.168. The molecule has 2 rings (SSSR count). The van der Waals surface area contributed by atoms with Gasteiger partial charge in [0.15, 0.2) is 0 Å². The average Bonchev–Trinajstić information content (AvgIpc) is 2.36. The molecule has 0 heterocycles. The van der Waals surface area contributed by atoms with Crippen molar-refractivity contribution in [1.82, 2.24) is 0 Å². The third-order valence-electron chi connectivity index (χ3n) is 4.95. The smallest absolute Gasteiger partial charge is 0.123 e. The third kappa shape index (κ3) is 3.60. The lowest BCUT2D eigenvalue weighted by atomic mass is 9.68. The molecule has 1 atom stereocenters. The van der Waals surface area contributed by atoms with Crippen molar-refractivity contribution in [2.45, 2.75) is 59.4 Å². The maximum absolute atomic E-state index is 13.5. The number of hydrogen-bond donors (Lipinski definition) is 1. The van der Waals surface area contributed by atoms with Gasteiger partial charge in [0.05, 0.1) is 0 Å². The van der Waals surface area contributed by atoms with Gasteiger partial charge in [0.25, 0.3) is 0 Å². The van der Waals surface area contributed by atoms with E-state index in [-0.39, 0.29) is 11.9 Å². The van der Waals surface area contributed by atoms with Crippen LogP contribution in [0, 0.1) is 30.0 Å². The van der Waals surface area contributed by atoms with E-state index in [0.717, 1.165) is 17.0 Å². The Labute approximate surface area is 122 Å². The second-order valence-electron chi connectivity index (χ2n) is 7.57. The van der Waals surface area contributed by atoms with Crippen LogP contribution in [0.1, 0.15) is 63.6 Å². The van der Waals surface area contributed by atoms with Crippen LogP contribution in [0.5, 0.6) is 0 Å². The summed E-state index contributed by atoms with van der Waals surface area (Å²) < 4.78 is 13.5. The minimum absolute atomic E-state index is 0.0229. The van der Waals surface area contributed by atoms with Crippen LogP contribution in [-0.2, 0) is 0 Å². The van der Waals surface area contributed by atoms with Crippen molar-refractivity contribution in [2.24, 2.45) is 23.0 Å². The fourth-order valence-corrected chi connectivity index (χ4v) is 3.57. The van der Waals surface area contributed by atoms with Gasteiger partial charge >= 0.3 is 0 Å². The zero-order valence-electron chi connectivity index (χ0n) is 13.2. The first-order valence-corrected chi connectivity index (χ1v) is 7.80. The molecule has 0 bridgehead atoms. The summed E-state index contributed by atoms with van der Waals surface area (Å²) >= 11 is 0. The van der Waals surface area contributed by atoms with Crippen LogP contribution in [0.4, 0.5) is 4.39 Å². The van der Waals surface area contributed by atoms with Crippen LogP contribution in [0.25, 0.3) is 0 Å². The molecule has 1 fully saturated rings. The van der Waals surface area contributed by atoms with Gasteiger partial charge in [-0.15, -0.1) is 0 Å². The molecule has 2 heteroatoms. The zero-order chi connectivity index (χ0) is 14.9. The Balaban J connectivity index is 2.03. The van der Waals surface area contributed by atoms with Gasteiger partial charge in [-0.05, 0) is 73.1 Å². The second kappa shape index (κ2) is 5.85. The Bertz CT molecular complexity index is 433. The summed E-state index contributed by atoms with van der Waals surface area (Å²) in [5.74, 6) is 1.12. The Kier molecular flexibility index (Phi) is 4.53. The first kappa shape index (κ1) is 15.5. The summed E-state index contributed by atoms with van der Waals surface area (Å²) in [5, 5.41) is 0. The summed E-state index contributed by atoms with van der Waals surface area (Å²) in [5.41, 5.74) is 8.71. The average molecular weight is 277 g/mol. The van der Waals surface area contributed by atoms with E-state index in [1.54, 1.807) is 12.1 Å². The van der Waals surface area contributed by atoms with Gasteiger partial charge in [-0.2, -0.15) is 0 Å². The van der Waals surface area contributed by atoms with E-state index in [1.165, 1.54) is 25.7 Å². The maximum Gasteiger partial charge on any atom is 0.123 e. The van der Waals surface area contributed by atoms with Gasteiger partial charge in [-0.3, -0.25) is 0 Å². The highest BCUT2D eigenvalue weighted by Gasteiger charge is 2.32. The molecule has 1 aliphatic rings. The molecule has 0 aromatic heterocycles. The molecule has 112 valence electrons. The van der Waals surface area contributed by atoms with E-state index in [9.17, 15) is 4.39 Å². The van der Waals surface area contributed by atoms with Gasteiger partial charge in [0.1, 0.15) is 5.82 Å². The first-order chi connectivity index (χ1) is 9.27. The van der Waals surface area contributed by atoms with E-state index in [4.69, 9.17) is 5.73 Å². The minimum Gasteiger partial charge on any atom is -0.324 e. The predicted octanol–water partition coefficient (Wildman–Crippen LogP) is 4.99. The largest absolute Gasteiger partial charge is 0.324 e. The highest BCUT2D eigenvalue weighted by molar-refractivity contribution is 5.26. The van der Waals surface area contributed by atoms with Gasteiger partial charge in [0, 0.05) is 6.04 Å². The quantitative estimate of drug-likeness (QED) is 0.810. The standard InChI is InChI=1S/C18H28FN/c1-12-9-14(11-16(19)10-12)17(20)13-5-7-15(8-6-13)18(2,3)4/h9-11,13,15,17H,5-8,20H2,1-4H3. The van der Waals surface area contributed by atoms with Crippen LogP contribution < -0.4 is 5.73 Å². The monoisotopic (exact) mass is 277 g/mol. The number of rotatable bonds is 2. The SMILES string of the molecule is Cc1cc(F)cc(C(N)C2CCC(C(C)(C)C)CC2)c1. The Morgan fingerprint density at radius 3 is 2.20 bits per heavy atom. The van der Waals surface area contributed by atoms with Crippen molar-refractivity contribution < 1.29 is 4.39 Å². The molecule has 0 saturated heterocycles. The molecular formula is C18H28FN. The van der Waals surface area contributed by atoms with E-state index < -0.39 is 0 Å². The van der Waals surface area contributed by atoms with Crippen LogP contribution in [0.2, 0.25) is 0 Å². The van der Waals surface area contributed by atoms with Gasteiger partial charge < -0.3 is 5.73 Å². The molecular weight excluding hydrogens is 249 g/mol. The van der Waals surface area contributed by atoms with Crippen LogP contribution >= 0.6 is 0 Å². The van der Waals surface area contributed by atoms with Crippen molar-refractivity contribution in [2.75, 3.05) is 0 Å². The van der Waals surface area contributed by atoms with Crippen LogP contribution in [-0.4, -0.2) is 0 Å². The molecule has 1 unspecified atom stereocenters. The van der Waals surface area contributed by atoms with Crippen molar-refractivity contribution in [3.63, 3.8) is 0 Å². The molecule has 1 aromatic rings. The zero-order valence-corrected chi connectivity index (χ0v) is 13.2. The van der Waals surface area contributed by atoms with E-state index in [0.29, 0.717) is 11.3 Å². The Hall–Kier alpha value is -0.890. The molecule has 0 spiro atoms. The normalized spacial score (nSPS) is 25.5. The summed E-state index contributed by atoms with van der Waals surface area (Å²) in [6.45, 7) is 8.91. The highest BCUT2D eigenvalue weighted by Crippen LogP contribution is 2.42. The van der Waals surface area contributed by atoms with Gasteiger partial charge in [-0.1, -0.05) is 26.8 Å². The molecule has 2 N–H and O–H groups in total. The summed E-state index contributed by atoms with van der Waals surface area (Å²) in [4.78, 5) is 0. The fraction of sp³-hybridized carbons (Fsp3) is 0.667. The molecule has 0 radical (unpaired) electrons. The number of nitrogens with two attached hydrogens (primary N) is 1. The molecule has 1 aliphatic carbocycles. The topological polar surface area (TPSA) is 26.0 Å². The van der Waals surface area contributed by atoms with Crippen LogP contribution in [0.15, 0.2) is 18.2 Å². The first-order valence-electron chi connectivity index (χ1n) is 7.80. The summed E-state index contributed by atoms with van der Waals surface area (Å²) in [6, 6.07) is 5.18. The summed E-state index contributed by atoms with van der Waals surface area (Å²) in [7, 11) is 0. The van der Waals surface area contributed by atoms with E-state index in [1.807, 2.05) is 13.0 Å². The highest BCUT2D eigenvalue weighted by atomic mass is 19.1. The van der Waals surface area contributed by atoms with Crippen LogP contribution in [0.3, 0.4) is 0 Å². The van der Waals surface area contributed by atoms with Crippen molar-refractivity contribution in [1.29, 1.82) is 0 Å². The molecule has 0 amide bonds. The van der Waals surface area contributed by atoms with Crippen molar-refractivity contribution in [3.05, 3.63) is 35.1 Å². The lowest BCUT2D eigenvalue weighted by molar-refractivity contribution is 0.139. The van der Waals surface area contributed by atoms with Crippen molar-refractivity contribution >= 4 is 0 Å². The fourth-order valence-electron chi connectivity index (χ4n) is 3.57. The van der Waals surface area contributed by atoms with Crippen molar-refractivity contribution in [3.8, 4) is 0 Å². The number of halogens is 1.